The standard InChI is InChI=1S/C17H20N6/c18-9-12-5-4-8-15(12)22-16-14-10-21-23(17(14)20-11-19-16)13-6-2-1-3-7-13/h1-3,6-7,10-12,15H,4-5,8-9,18H2,(H,19,20,22). The molecular weight excluding hydrogens is 288 g/mol. The molecule has 2 heterocycles. The van der Waals surface area contributed by atoms with Crippen molar-refractivity contribution in [1.82, 2.24) is 19.7 Å². The van der Waals surface area contributed by atoms with Crippen LogP contribution < -0.4 is 11.1 Å². The maximum Gasteiger partial charge on any atom is 0.168 e. The fourth-order valence-corrected chi connectivity index (χ4v) is 3.40. The van der Waals surface area contributed by atoms with E-state index in [4.69, 9.17) is 5.73 Å². The SMILES string of the molecule is NCC1CCCC1Nc1ncnc2c1cnn2-c1ccccc1. The zero-order valence-electron chi connectivity index (χ0n) is 12.9. The largest absolute Gasteiger partial charge is 0.366 e. The van der Waals surface area contributed by atoms with Gasteiger partial charge in [-0.25, -0.2) is 14.6 Å². The van der Waals surface area contributed by atoms with Gasteiger partial charge in [-0.15, -0.1) is 0 Å². The average molecular weight is 308 g/mol. The van der Waals surface area contributed by atoms with E-state index in [1.165, 1.54) is 12.8 Å². The molecule has 23 heavy (non-hydrogen) atoms. The molecule has 3 N–H and O–H groups in total. The first-order chi connectivity index (χ1) is 11.4. The number of fused-ring (bicyclic) bond motifs is 1. The summed E-state index contributed by atoms with van der Waals surface area (Å²) in [5, 5.41) is 9.00. The molecule has 0 saturated heterocycles. The number of nitrogens with two attached hydrogens (primary N) is 1. The number of nitrogens with zero attached hydrogens (tertiary/aromatic N) is 4. The van der Waals surface area contributed by atoms with Crippen molar-refractivity contribution in [2.75, 3.05) is 11.9 Å². The molecule has 1 saturated carbocycles. The lowest BCUT2D eigenvalue weighted by Gasteiger charge is -2.20. The quantitative estimate of drug-likeness (QED) is 0.773. The van der Waals surface area contributed by atoms with Crippen LogP contribution in [0.4, 0.5) is 5.82 Å². The normalized spacial score (nSPS) is 20.9. The van der Waals surface area contributed by atoms with E-state index in [0.29, 0.717) is 12.0 Å². The second-order valence-corrected chi connectivity index (χ2v) is 6.03. The minimum absolute atomic E-state index is 0.387. The van der Waals surface area contributed by atoms with E-state index in [-0.39, 0.29) is 0 Å². The minimum atomic E-state index is 0.387. The Balaban J connectivity index is 1.71. The predicted octanol–water partition coefficient (Wildman–Crippen LogP) is 2.35. The molecule has 2 unspecified atom stereocenters. The average Bonchev–Trinajstić information content (AvgIpc) is 3.22. The van der Waals surface area contributed by atoms with Crippen LogP contribution in [0.15, 0.2) is 42.9 Å². The lowest BCUT2D eigenvalue weighted by Crippen LogP contribution is -2.29. The molecule has 3 aromatic rings. The molecule has 2 aromatic heterocycles. The highest BCUT2D eigenvalue weighted by molar-refractivity contribution is 5.87. The molecule has 1 aromatic carbocycles. The summed E-state index contributed by atoms with van der Waals surface area (Å²) in [6.07, 6.45) is 6.97. The molecule has 0 aliphatic heterocycles. The van der Waals surface area contributed by atoms with Gasteiger partial charge in [0.2, 0.25) is 0 Å². The number of hydrogen-bond acceptors (Lipinski definition) is 5. The third kappa shape index (κ3) is 2.55. The van der Waals surface area contributed by atoms with Crippen LogP contribution in [0.2, 0.25) is 0 Å². The van der Waals surface area contributed by atoms with Crippen molar-refractivity contribution in [2.24, 2.45) is 11.7 Å². The van der Waals surface area contributed by atoms with Gasteiger partial charge in [-0.05, 0) is 37.4 Å². The van der Waals surface area contributed by atoms with Crippen molar-refractivity contribution in [3.63, 3.8) is 0 Å². The van der Waals surface area contributed by atoms with Gasteiger partial charge in [0.05, 0.1) is 17.3 Å². The van der Waals surface area contributed by atoms with E-state index in [9.17, 15) is 0 Å². The minimum Gasteiger partial charge on any atom is -0.366 e. The molecule has 6 heteroatoms. The van der Waals surface area contributed by atoms with Crippen LogP contribution >= 0.6 is 0 Å². The third-order valence-corrected chi connectivity index (χ3v) is 4.65. The van der Waals surface area contributed by atoms with Crippen LogP contribution in [0.1, 0.15) is 19.3 Å². The molecule has 0 radical (unpaired) electrons. The van der Waals surface area contributed by atoms with Crippen LogP contribution in [0.25, 0.3) is 16.7 Å². The Hall–Kier alpha value is -2.47. The van der Waals surface area contributed by atoms with Gasteiger partial charge in [-0.3, -0.25) is 0 Å². The summed E-state index contributed by atoms with van der Waals surface area (Å²) < 4.78 is 1.84. The van der Waals surface area contributed by atoms with Gasteiger partial charge in [0.1, 0.15) is 12.1 Å². The second-order valence-electron chi connectivity index (χ2n) is 6.03. The number of benzene rings is 1. The van der Waals surface area contributed by atoms with Crippen molar-refractivity contribution < 1.29 is 0 Å². The van der Waals surface area contributed by atoms with Gasteiger partial charge in [0, 0.05) is 6.04 Å². The highest BCUT2D eigenvalue weighted by atomic mass is 15.3. The molecule has 0 bridgehead atoms. The zero-order valence-corrected chi connectivity index (χ0v) is 12.9. The van der Waals surface area contributed by atoms with Gasteiger partial charge >= 0.3 is 0 Å². The molecule has 1 fully saturated rings. The molecule has 1 aliphatic carbocycles. The summed E-state index contributed by atoms with van der Waals surface area (Å²) in [6.45, 7) is 0.717. The van der Waals surface area contributed by atoms with Crippen molar-refractivity contribution in [2.45, 2.75) is 25.3 Å². The first kappa shape index (κ1) is 14.1. The summed E-state index contributed by atoms with van der Waals surface area (Å²) in [5.41, 5.74) is 7.69. The molecular formula is C17H20N6. The molecule has 2 atom stereocenters. The van der Waals surface area contributed by atoms with Gasteiger partial charge in [-0.2, -0.15) is 5.10 Å². The zero-order chi connectivity index (χ0) is 15.6. The van der Waals surface area contributed by atoms with Crippen LogP contribution in [0.3, 0.4) is 0 Å². The monoisotopic (exact) mass is 308 g/mol. The van der Waals surface area contributed by atoms with Gasteiger partial charge in [0.15, 0.2) is 5.65 Å². The van der Waals surface area contributed by atoms with Gasteiger partial charge in [0.25, 0.3) is 0 Å². The van der Waals surface area contributed by atoms with Crippen molar-refractivity contribution in [1.29, 1.82) is 0 Å². The lowest BCUT2D eigenvalue weighted by atomic mass is 10.0. The number of nitrogens with one attached hydrogen (secondary N) is 1. The Morgan fingerprint density at radius 2 is 2.04 bits per heavy atom. The van der Waals surface area contributed by atoms with E-state index < -0.39 is 0 Å². The van der Waals surface area contributed by atoms with E-state index >= 15 is 0 Å². The highest BCUT2D eigenvalue weighted by Gasteiger charge is 2.27. The smallest absolute Gasteiger partial charge is 0.168 e. The molecule has 118 valence electrons. The number of rotatable bonds is 4. The lowest BCUT2D eigenvalue weighted by molar-refractivity contribution is 0.516. The Kier molecular flexibility index (Phi) is 3.67. The Morgan fingerprint density at radius 1 is 1.17 bits per heavy atom. The van der Waals surface area contributed by atoms with Crippen molar-refractivity contribution in [3.05, 3.63) is 42.9 Å². The van der Waals surface area contributed by atoms with Gasteiger partial charge in [-0.1, -0.05) is 24.6 Å². The fourth-order valence-electron chi connectivity index (χ4n) is 3.40. The number of hydrogen-bond donors (Lipinski definition) is 2. The first-order valence-electron chi connectivity index (χ1n) is 8.07. The second kappa shape index (κ2) is 5.96. The summed E-state index contributed by atoms with van der Waals surface area (Å²) >= 11 is 0. The Bertz CT molecular complexity index is 797. The maximum atomic E-state index is 5.88. The summed E-state index contributed by atoms with van der Waals surface area (Å²) in [4.78, 5) is 8.85. The Morgan fingerprint density at radius 3 is 2.87 bits per heavy atom. The number of para-hydroxylation sites is 1. The Labute approximate surface area is 134 Å². The van der Waals surface area contributed by atoms with Crippen LogP contribution in [0.5, 0.6) is 0 Å². The summed E-state index contributed by atoms with van der Waals surface area (Å²) in [5.74, 6) is 1.37. The molecule has 0 spiro atoms. The predicted molar refractivity (Wildman–Crippen MR) is 90.5 cm³/mol. The third-order valence-electron chi connectivity index (χ3n) is 4.65. The molecule has 6 nitrogen and oxygen atoms in total. The molecule has 4 rings (SSSR count). The van der Waals surface area contributed by atoms with E-state index in [1.54, 1.807) is 6.33 Å². The maximum absolute atomic E-state index is 5.88. The van der Waals surface area contributed by atoms with Gasteiger partial charge < -0.3 is 11.1 Å². The highest BCUT2D eigenvalue weighted by Crippen LogP contribution is 2.29. The van der Waals surface area contributed by atoms with Crippen molar-refractivity contribution in [3.8, 4) is 5.69 Å². The fraction of sp³-hybridized carbons (Fsp3) is 0.353. The van der Waals surface area contributed by atoms with Crippen LogP contribution in [-0.4, -0.2) is 32.3 Å². The van der Waals surface area contributed by atoms with Crippen LogP contribution in [-0.2, 0) is 0 Å². The summed E-state index contributed by atoms with van der Waals surface area (Å²) in [7, 11) is 0. The number of anilines is 1. The number of aromatic nitrogens is 4. The van der Waals surface area contributed by atoms with E-state index in [1.807, 2.05) is 41.2 Å². The first-order valence-corrected chi connectivity index (χ1v) is 8.07. The van der Waals surface area contributed by atoms with E-state index in [2.05, 4.69) is 20.4 Å². The van der Waals surface area contributed by atoms with Crippen LogP contribution in [0, 0.1) is 5.92 Å². The molecule has 0 amide bonds. The summed E-state index contributed by atoms with van der Waals surface area (Å²) in [6, 6.07) is 10.4. The van der Waals surface area contributed by atoms with Crippen molar-refractivity contribution >= 4 is 16.9 Å². The van der Waals surface area contributed by atoms with E-state index in [0.717, 1.165) is 35.5 Å². The molecule has 1 aliphatic rings. The topological polar surface area (TPSA) is 81.7 Å².